The van der Waals surface area contributed by atoms with Crippen LogP contribution >= 0.6 is 0 Å². The minimum absolute atomic E-state index is 0.0330. The van der Waals surface area contributed by atoms with Crippen molar-refractivity contribution in [3.05, 3.63) is 0 Å². The van der Waals surface area contributed by atoms with Gasteiger partial charge in [-0.2, -0.15) is 5.06 Å². The van der Waals surface area contributed by atoms with Crippen LogP contribution < -0.4 is 5.32 Å². The van der Waals surface area contributed by atoms with Gasteiger partial charge in [-0.1, -0.05) is 13.8 Å². The molecule has 1 heterocycles. The Morgan fingerprint density at radius 1 is 1.41 bits per heavy atom. The second-order valence-corrected chi connectivity index (χ2v) is 6.66. The zero-order valence-corrected chi connectivity index (χ0v) is 13.6. The molecule has 8 nitrogen and oxygen atoms in total. The third kappa shape index (κ3) is 5.51. The normalized spacial score (nSPS) is 19.2. The van der Waals surface area contributed by atoms with Crippen molar-refractivity contribution in [3.63, 3.8) is 0 Å². The standard InChI is InChI=1S/C14H24N2O6/c1-8(2)6-9(12(18)19)16(13(20)21-14(3,4)5)22-11-7-10(17)15-11/h8-9,11H,6-7H2,1-5H3,(H,15,17)(H,18,19)/t9-,11?/m0/s1. The summed E-state index contributed by atoms with van der Waals surface area (Å²) in [4.78, 5) is 40.0. The lowest BCUT2D eigenvalue weighted by Gasteiger charge is -2.36. The Labute approximate surface area is 129 Å². The minimum Gasteiger partial charge on any atom is -0.480 e. The van der Waals surface area contributed by atoms with Crippen molar-refractivity contribution in [1.29, 1.82) is 0 Å². The molecule has 0 aliphatic carbocycles. The lowest BCUT2D eigenvalue weighted by Crippen LogP contribution is -2.57. The summed E-state index contributed by atoms with van der Waals surface area (Å²) >= 11 is 0. The van der Waals surface area contributed by atoms with Crippen LogP contribution in [0.15, 0.2) is 0 Å². The molecular formula is C14H24N2O6. The molecule has 8 heteroatoms. The summed E-state index contributed by atoms with van der Waals surface area (Å²) in [5, 5.41) is 12.5. The van der Waals surface area contributed by atoms with Crippen LogP contribution in [-0.2, 0) is 19.2 Å². The van der Waals surface area contributed by atoms with Crippen LogP contribution in [0.25, 0.3) is 0 Å². The largest absolute Gasteiger partial charge is 0.480 e. The van der Waals surface area contributed by atoms with Gasteiger partial charge in [0.15, 0.2) is 12.3 Å². The molecule has 1 rings (SSSR count). The maximum absolute atomic E-state index is 12.2. The van der Waals surface area contributed by atoms with Gasteiger partial charge in [-0.05, 0) is 33.1 Å². The molecule has 1 fully saturated rings. The minimum atomic E-state index is -1.19. The monoisotopic (exact) mass is 316 g/mol. The number of carboxylic acids is 1. The fraction of sp³-hybridized carbons (Fsp3) is 0.786. The molecule has 0 bridgehead atoms. The van der Waals surface area contributed by atoms with Gasteiger partial charge in [0.2, 0.25) is 5.91 Å². The molecule has 1 aliphatic heterocycles. The highest BCUT2D eigenvalue weighted by Gasteiger charge is 2.39. The highest BCUT2D eigenvalue weighted by atomic mass is 16.7. The quantitative estimate of drug-likeness (QED) is 0.568. The number of rotatable bonds is 6. The van der Waals surface area contributed by atoms with Crippen molar-refractivity contribution in [2.24, 2.45) is 5.92 Å². The van der Waals surface area contributed by atoms with Crippen molar-refractivity contribution >= 4 is 18.0 Å². The zero-order chi connectivity index (χ0) is 17.1. The van der Waals surface area contributed by atoms with Gasteiger partial charge in [0.05, 0.1) is 6.42 Å². The first-order chi connectivity index (χ1) is 9.99. The lowest BCUT2D eigenvalue weighted by molar-refractivity contribution is -0.230. The summed E-state index contributed by atoms with van der Waals surface area (Å²) in [6, 6.07) is -1.19. The van der Waals surface area contributed by atoms with E-state index < -0.39 is 29.9 Å². The third-order valence-corrected chi connectivity index (χ3v) is 2.77. The summed E-state index contributed by atoms with van der Waals surface area (Å²) in [6.45, 7) is 8.70. The SMILES string of the molecule is CC(C)C[C@@H](C(=O)O)N(OC1CC(=O)N1)C(=O)OC(C)(C)C. The van der Waals surface area contributed by atoms with Crippen molar-refractivity contribution in [3.8, 4) is 0 Å². The van der Waals surface area contributed by atoms with E-state index in [4.69, 9.17) is 9.57 Å². The molecule has 126 valence electrons. The molecule has 0 aromatic rings. The number of nitrogens with zero attached hydrogens (tertiary/aromatic N) is 1. The number of carbonyl (C=O) groups excluding carboxylic acids is 2. The van der Waals surface area contributed by atoms with Crippen LogP contribution in [0.4, 0.5) is 4.79 Å². The summed E-state index contributed by atoms with van der Waals surface area (Å²) in [5.74, 6) is -1.37. The second-order valence-electron chi connectivity index (χ2n) is 6.66. The smallest absolute Gasteiger partial charge is 0.435 e. The summed E-state index contributed by atoms with van der Waals surface area (Å²) in [6.07, 6.45) is -1.32. The maximum Gasteiger partial charge on any atom is 0.435 e. The molecule has 2 N–H and O–H groups in total. The first-order valence-electron chi connectivity index (χ1n) is 7.20. The van der Waals surface area contributed by atoms with E-state index in [9.17, 15) is 19.5 Å². The topological polar surface area (TPSA) is 105 Å². The van der Waals surface area contributed by atoms with E-state index in [1.165, 1.54) is 0 Å². The molecule has 2 amide bonds. The van der Waals surface area contributed by atoms with E-state index in [0.717, 1.165) is 5.06 Å². The molecule has 1 unspecified atom stereocenters. The number of ether oxygens (including phenoxy) is 1. The number of β-lactam (4-membered cyclic amide) rings is 1. The summed E-state index contributed by atoms with van der Waals surface area (Å²) < 4.78 is 5.19. The molecule has 0 saturated carbocycles. The Balaban J connectivity index is 2.89. The maximum atomic E-state index is 12.2. The first-order valence-corrected chi connectivity index (χ1v) is 7.20. The number of hydroxylamine groups is 2. The second kappa shape index (κ2) is 6.95. The number of hydrogen-bond acceptors (Lipinski definition) is 5. The van der Waals surface area contributed by atoms with Gasteiger partial charge in [0, 0.05) is 0 Å². The molecule has 1 saturated heterocycles. The van der Waals surface area contributed by atoms with Gasteiger partial charge in [0.25, 0.3) is 0 Å². The van der Waals surface area contributed by atoms with Crippen LogP contribution in [-0.4, -0.2) is 46.0 Å². The van der Waals surface area contributed by atoms with E-state index in [1.807, 2.05) is 13.8 Å². The molecule has 0 radical (unpaired) electrons. The van der Waals surface area contributed by atoms with E-state index in [0.29, 0.717) is 0 Å². The van der Waals surface area contributed by atoms with Gasteiger partial charge in [-0.25, -0.2) is 14.4 Å². The van der Waals surface area contributed by atoms with Crippen molar-refractivity contribution in [2.45, 2.75) is 65.3 Å². The number of carbonyl (C=O) groups is 3. The molecule has 0 spiro atoms. The van der Waals surface area contributed by atoms with Crippen molar-refractivity contribution in [2.75, 3.05) is 0 Å². The zero-order valence-electron chi connectivity index (χ0n) is 13.6. The van der Waals surface area contributed by atoms with Crippen LogP contribution in [0.1, 0.15) is 47.5 Å². The van der Waals surface area contributed by atoms with Crippen LogP contribution in [0.5, 0.6) is 0 Å². The molecule has 0 aromatic carbocycles. The van der Waals surface area contributed by atoms with Crippen molar-refractivity contribution < 1.29 is 29.1 Å². The summed E-state index contributed by atoms with van der Waals surface area (Å²) in [7, 11) is 0. The van der Waals surface area contributed by atoms with E-state index >= 15 is 0 Å². The molecular weight excluding hydrogens is 292 g/mol. The number of hydrogen-bond donors (Lipinski definition) is 2. The van der Waals surface area contributed by atoms with Gasteiger partial charge in [-0.3, -0.25) is 4.79 Å². The van der Waals surface area contributed by atoms with Crippen LogP contribution in [0.3, 0.4) is 0 Å². The highest BCUT2D eigenvalue weighted by Crippen LogP contribution is 2.20. The predicted molar refractivity (Wildman–Crippen MR) is 76.6 cm³/mol. The van der Waals surface area contributed by atoms with Crippen molar-refractivity contribution in [1.82, 2.24) is 10.4 Å². The predicted octanol–water partition coefficient (Wildman–Crippen LogP) is 1.50. The Kier molecular flexibility index (Phi) is 5.76. The lowest BCUT2D eigenvalue weighted by atomic mass is 10.0. The first kappa shape index (κ1) is 18.2. The average molecular weight is 316 g/mol. The van der Waals surface area contributed by atoms with E-state index in [-0.39, 0.29) is 24.7 Å². The highest BCUT2D eigenvalue weighted by molar-refractivity contribution is 5.82. The average Bonchev–Trinajstić information content (AvgIpc) is 2.27. The Bertz CT molecular complexity index is 435. The van der Waals surface area contributed by atoms with E-state index in [1.54, 1.807) is 20.8 Å². The Morgan fingerprint density at radius 2 is 1.95 bits per heavy atom. The number of nitrogens with one attached hydrogen (secondary N) is 1. The Morgan fingerprint density at radius 3 is 2.32 bits per heavy atom. The third-order valence-electron chi connectivity index (χ3n) is 2.77. The molecule has 2 atom stereocenters. The number of carboxylic acid groups (broad SMARTS) is 1. The van der Waals surface area contributed by atoms with Gasteiger partial charge in [0.1, 0.15) is 5.60 Å². The fourth-order valence-electron chi connectivity index (χ4n) is 1.82. The molecule has 0 aromatic heterocycles. The fourth-order valence-corrected chi connectivity index (χ4v) is 1.82. The van der Waals surface area contributed by atoms with Crippen LogP contribution in [0, 0.1) is 5.92 Å². The van der Waals surface area contributed by atoms with Gasteiger partial charge in [-0.15, -0.1) is 0 Å². The molecule has 22 heavy (non-hydrogen) atoms. The Hall–Kier alpha value is -1.83. The number of aliphatic carboxylic acids is 1. The van der Waals surface area contributed by atoms with Gasteiger partial charge >= 0.3 is 12.1 Å². The van der Waals surface area contributed by atoms with Crippen LogP contribution in [0.2, 0.25) is 0 Å². The summed E-state index contributed by atoms with van der Waals surface area (Å²) in [5.41, 5.74) is -0.789. The van der Waals surface area contributed by atoms with E-state index in [2.05, 4.69) is 5.32 Å². The molecule has 1 aliphatic rings. The van der Waals surface area contributed by atoms with Gasteiger partial charge < -0.3 is 15.2 Å². The number of amides is 2.